The summed E-state index contributed by atoms with van der Waals surface area (Å²) < 4.78 is 62.5. The summed E-state index contributed by atoms with van der Waals surface area (Å²) in [6.07, 6.45) is -6.43. The third-order valence-corrected chi connectivity index (χ3v) is 16.1. The van der Waals surface area contributed by atoms with Crippen molar-refractivity contribution >= 4 is 104 Å². The van der Waals surface area contributed by atoms with Crippen LogP contribution >= 0.6 is 58.3 Å². The van der Waals surface area contributed by atoms with Crippen LogP contribution in [0.5, 0.6) is 0 Å². The molecule has 5 rings (SSSR count). The zero-order valence-electron chi connectivity index (χ0n) is 36.6. The number of aliphatic hydroxyl groups is 2. The van der Waals surface area contributed by atoms with Crippen LogP contribution in [0.1, 0.15) is 38.3 Å². The zero-order valence-corrected chi connectivity index (χ0v) is 41.7. The van der Waals surface area contributed by atoms with Crippen LogP contribution in [0.2, 0.25) is 0 Å². The molecule has 1 saturated heterocycles. The van der Waals surface area contributed by atoms with E-state index in [4.69, 9.17) is 19.5 Å². The number of hydrogen-bond acceptors (Lipinski definition) is 23. The summed E-state index contributed by atoms with van der Waals surface area (Å²) in [4.78, 5) is 115. The maximum atomic E-state index is 13.1. The second-order valence-electron chi connectivity index (χ2n) is 15.7. The number of hydrogen-bond donors (Lipinski definition) is 11. The molecule has 0 aromatic carbocycles. The molecule has 3 aromatic heterocycles. The number of rotatable bonds is 25. The van der Waals surface area contributed by atoms with Crippen molar-refractivity contribution < 1.29 is 90.1 Å². The number of thioether (sulfide) groups is 2. The minimum absolute atomic E-state index is 0.0170. The van der Waals surface area contributed by atoms with Gasteiger partial charge in [0.1, 0.15) is 48.6 Å². The molecule has 28 nitrogen and oxygen atoms in total. The Kier molecular flexibility index (Phi) is 19.7. The van der Waals surface area contributed by atoms with Gasteiger partial charge in [0.15, 0.2) is 17.7 Å². The predicted molar refractivity (Wildman–Crippen MR) is 245 cm³/mol. The molecule has 382 valence electrons. The van der Waals surface area contributed by atoms with Gasteiger partial charge in [-0.1, -0.05) is 31.7 Å². The molecule has 2 aliphatic rings. The Morgan fingerprint density at radius 2 is 1.81 bits per heavy atom. The van der Waals surface area contributed by atoms with Crippen molar-refractivity contribution in [2.45, 2.75) is 75.7 Å². The fourth-order valence-electron chi connectivity index (χ4n) is 6.36. The molecule has 0 aliphatic carbocycles. The van der Waals surface area contributed by atoms with E-state index in [0.29, 0.717) is 17.7 Å². The summed E-state index contributed by atoms with van der Waals surface area (Å²) in [6.45, 7) is 1.94. The minimum Gasteiger partial charge on any atom is -0.386 e. The molecule has 34 heteroatoms. The summed E-state index contributed by atoms with van der Waals surface area (Å²) in [5.74, 6) is -1.33. The van der Waals surface area contributed by atoms with Crippen LogP contribution in [0.3, 0.4) is 0 Å². The number of carbonyl (C=O) groups excluding carboxylic acids is 5. The number of nitrogens with one attached hydrogen (secondary N) is 4. The van der Waals surface area contributed by atoms with Crippen LogP contribution in [0.25, 0.3) is 11.2 Å². The lowest BCUT2D eigenvalue weighted by Crippen LogP contribution is -2.51. The summed E-state index contributed by atoms with van der Waals surface area (Å²) in [5, 5.41) is 33.2. The number of thiophene rings is 1. The Bertz CT molecular complexity index is 2510. The number of amides is 3. The van der Waals surface area contributed by atoms with Gasteiger partial charge in [-0.25, -0.2) is 28.6 Å². The summed E-state index contributed by atoms with van der Waals surface area (Å²) in [7, 11) is -16.5. The second-order valence-corrected chi connectivity index (χ2v) is 23.2. The smallest absolute Gasteiger partial charge is 0.386 e. The lowest BCUT2D eigenvalue weighted by Gasteiger charge is -2.31. The molecule has 69 heavy (non-hydrogen) atoms. The minimum atomic E-state index is -5.61. The number of imidazole rings is 1. The number of fused-ring (bicyclic) bond motifs is 1. The molecule has 0 spiro atoms. The summed E-state index contributed by atoms with van der Waals surface area (Å²) in [5.41, 5.74) is 5.23. The number of nitrogens with zero attached hydrogens (tertiary/aromatic N) is 4. The van der Waals surface area contributed by atoms with Crippen molar-refractivity contribution in [2.75, 3.05) is 43.5 Å². The SMILES string of the molecule is CC1=C(C(=O)SCCNC(=O)CCNC(=O)C(O)C(C)(C)COP(=O)(O)OP(=O)(O)OCC2OC(n3cnc4c(N)ncnc43)C(O)C2OP(=O)(O)O)NC(C(C=O)NC(=O)Cc2cccs2)SC1. The largest absolute Gasteiger partial charge is 0.481 e. The number of phosphoric acid groups is 3. The first kappa shape index (κ1) is 56.2. The molecule has 9 atom stereocenters. The van der Waals surface area contributed by atoms with Crippen LogP contribution < -0.4 is 27.0 Å². The number of aldehydes is 1. The molecule has 0 saturated carbocycles. The standard InChI is InChI=1S/C35H50N9O19P3S3/c1-18-14-69-32(20(12-45)42-23(47)11-19-5-4-9-67-19)43-24(18)34(51)68-10-8-37-22(46)6-7-38-31(50)28(49)35(2,3)15-60-66(57,58)63-65(55,56)59-13-21-27(62-64(52,53)54)26(48)33(61-21)44-17-41-25-29(36)39-16-40-30(25)44/h4-5,9,12,16-17,20-21,26-28,32-33,43,48-49H,6-8,10-11,13-15H2,1-3H3,(H,37,46)(H,38,50)(H,42,47)(H,55,56)(H,57,58)(H2,36,39,40)(H2,52,53,54). The van der Waals surface area contributed by atoms with Gasteiger partial charge in [0.2, 0.25) is 22.8 Å². The number of phosphoric ester groups is 3. The van der Waals surface area contributed by atoms with Gasteiger partial charge in [-0.3, -0.25) is 37.3 Å². The first-order valence-electron chi connectivity index (χ1n) is 20.2. The Hall–Kier alpha value is -3.71. The van der Waals surface area contributed by atoms with E-state index in [1.807, 2.05) is 17.5 Å². The van der Waals surface area contributed by atoms with Gasteiger partial charge in [-0.2, -0.15) is 4.31 Å². The molecule has 12 N–H and O–H groups in total. The van der Waals surface area contributed by atoms with E-state index in [2.05, 4.69) is 45.1 Å². The van der Waals surface area contributed by atoms with Crippen molar-refractivity contribution in [2.24, 2.45) is 5.41 Å². The number of aliphatic hydroxyl groups excluding tert-OH is 2. The fourth-order valence-corrected chi connectivity index (χ4v) is 11.8. The highest BCUT2D eigenvalue weighted by Crippen LogP contribution is 2.61. The molecule has 9 unspecified atom stereocenters. The third-order valence-electron chi connectivity index (χ3n) is 9.85. The summed E-state index contributed by atoms with van der Waals surface area (Å²) in [6, 6.07) is 2.73. The first-order valence-corrected chi connectivity index (χ1v) is 27.6. The average molecular weight is 1090 g/mol. The van der Waals surface area contributed by atoms with Crippen molar-refractivity contribution in [1.29, 1.82) is 0 Å². The number of ether oxygens (including phenoxy) is 1. The number of nitrogen functional groups attached to an aromatic ring is 1. The molecule has 0 bridgehead atoms. The Labute approximate surface area is 404 Å². The highest BCUT2D eigenvalue weighted by Gasteiger charge is 2.50. The molecular weight excluding hydrogens is 1040 g/mol. The molecule has 3 aromatic rings. The average Bonchev–Trinajstić information content (AvgIpc) is 4.02. The molecule has 1 fully saturated rings. The number of nitrogens with two attached hydrogens (primary N) is 1. The van der Waals surface area contributed by atoms with Crippen LogP contribution in [-0.4, -0.2) is 152 Å². The second kappa shape index (κ2) is 24.1. The molecule has 0 radical (unpaired) electrons. The van der Waals surface area contributed by atoms with E-state index >= 15 is 0 Å². The lowest BCUT2D eigenvalue weighted by atomic mass is 9.87. The van der Waals surface area contributed by atoms with E-state index in [9.17, 15) is 67.5 Å². The van der Waals surface area contributed by atoms with Gasteiger partial charge in [0.25, 0.3) is 0 Å². The van der Waals surface area contributed by atoms with Gasteiger partial charge in [-0.05, 0) is 23.9 Å². The lowest BCUT2D eigenvalue weighted by molar-refractivity contribution is -0.137. The van der Waals surface area contributed by atoms with Crippen molar-refractivity contribution in [1.82, 2.24) is 40.8 Å². The molecule has 5 heterocycles. The van der Waals surface area contributed by atoms with E-state index in [1.165, 1.54) is 36.9 Å². The van der Waals surface area contributed by atoms with Crippen molar-refractivity contribution in [3.63, 3.8) is 0 Å². The highest BCUT2D eigenvalue weighted by molar-refractivity contribution is 8.14. The van der Waals surface area contributed by atoms with Gasteiger partial charge >= 0.3 is 23.5 Å². The van der Waals surface area contributed by atoms with Crippen LogP contribution in [-0.2, 0) is 66.7 Å². The molecular formula is C35H50N9O19P3S3. The van der Waals surface area contributed by atoms with E-state index in [-0.39, 0.29) is 59.7 Å². The van der Waals surface area contributed by atoms with Crippen molar-refractivity contribution in [3.8, 4) is 0 Å². The van der Waals surface area contributed by atoms with Crippen LogP contribution in [0.4, 0.5) is 5.82 Å². The van der Waals surface area contributed by atoms with Gasteiger partial charge in [0, 0.05) is 41.3 Å². The zero-order chi connectivity index (χ0) is 50.9. The van der Waals surface area contributed by atoms with E-state index < -0.39 is 96.0 Å². The van der Waals surface area contributed by atoms with Crippen LogP contribution in [0, 0.1) is 5.41 Å². The maximum absolute atomic E-state index is 13.1. The van der Waals surface area contributed by atoms with Crippen molar-refractivity contribution in [3.05, 3.63) is 46.3 Å². The monoisotopic (exact) mass is 1090 g/mol. The highest BCUT2D eigenvalue weighted by atomic mass is 32.2. The predicted octanol–water partition coefficient (Wildman–Crippen LogP) is -0.411. The first-order chi connectivity index (χ1) is 32.3. The normalized spacial score (nSPS) is 22.5. The number of anilines is 1. The third kappa shape index (κ3) is 16.1. The maximum Gasteiger partial charge on any atom is 0.481 e. The Morgan fingerprint density at radius 1 is 1.09 bits per heavy atom. The molecule has 3 amide bonds. The number of carbonyl (C=O) groups is 5. The van der Waals surface area contributed by atoms with E-state index in [1.54, 1.807) is 6.92 Å². The molecule has 2 aliphatic heterocycles. The van der Waals surface area contributed by atoms with E-state index in [0.717, 1.165) is 39.4 Å². The number of aromatic nitrogens is 4. The van der Waals surface area contributed by atoms with Gasteiger partial charge in [-0.15, -0.1) is 23.1 Å². The topological polar surface area (TPSA) is 422 Å². The fraction of sp³-hybridized carbons (Fsp3) is 0.543. The van der Waals surface area contributed by atoms with Crippen LogP contribution in [0.15, 0.2) is 41.4 Å². The van der Waals surface area contributed by atoms with Gasteiger partial charge < -0.3 is 66.3 Å². The Morgan fingerprint density at radius 3 is 2.49 bits per heavy atom. The quantitative estimate of drug-likeness (QED) is 0.0292. The Balaban J connectivity index is 1.01. The van der Waals surface area contributed by atoms with Gasteiger partial charge in [0.05, 0.1) is 37.0 Å². The summed E-state index contributed by atoms with van der Waals surface area (Å²) >= 11 is 3.69.